The molecule has 0 fully saturated rings. The van der Waals surface area contributed by atoms with Gasteiger partial charge < -0.3 is 10.4 Å². The zero-order chi connectivity index (χ0) is 10.9. The van der Waals surface area contributed by atoms with Crippen molar-refractivity contribution in [3.05, 3.63) is 23.4 Å². The lowest BCUT2D eigenvalue weighted by molar-refractivity contribution is 0.296. The minimum atomic E-state index is 0.270. The normalized spacial score (nSPS) is 10.3. The molecule has 1 aromatic rings. The predicted octanol–water partition coefficient (Wildman–Crippen LogP) is 2.26. The number of nitrogens with one attached hydrogen (secondary N) is 1. The Bertz CT molecular complexity index is 286. The minimum Gasteiger partial charge on any atom is -0.396 e. The van der Waals surface area contributed by atoms with Crippen molar-refractivity contribution in [1.29, 1.82) is 0 Å². The van der Waals surface area contributed by atoms with Gasteiger partial charge in [-0.3, -0.25) is 0 Å². The summed E-state index contributed by atoms with van der Waals surface area (Å²) in [5.74, 6) is 2.73. The van der Waals surface area contributed by atoms with Crippen LogP contribution in [0, 0.1) is 0 Å². The second-order valence-electron chi connectivity index (χ2n) is 2.95. The fourth-order valence-corrected chi connectivity index (χ4v) is 2.00. The molecule has 0 aliphatic heterocycles. The summed E-state index contributed by atoms with van der Waals surface area (Å²) in [6.45, 7) is 1.11. The van der Waals surface area contributed by atoms with Crippen molar-refractivity contribution in [2.45, 2.75) is 6.42 Å². The van der Waals surface area contributed by atoms with Gasteiger partial charge in [0.15, 0.2) is 0 Å². The van der Waals surface area contributed by atoms with Crippen LogP contribution in [0.4, 0.5) is 5.82 Å². The van der Waals surface area contributed by atoms with E-state index in [-0.39, 0.29) is 6.61 Å². The maximum absolute atomic E-state index is 8.58. The molecular formula is C10H15ClN2OS. The summed E-state index contributed by atoms with van der Waals surface area (Å²) in [4.78, 5) is 4.12. The molecule has 0 atom stereocenters. The molecule has 0 radical (unpaired) electrons. The van der Waals surface area contributed by atoms with Crippen molar-refractivity contribution in [2.24, 2.45) is 0 Å². The largest absolute Gasteiger partial charge is 0.396 e. The molecule has 0 saturated heterocycles. The highest BCUT2D eigenvalue weighted by atomic mass is 35.5. The van der Waals surface area contributed by atoms with E-state index in [1.807, 2.05) is 23.9 Å². The van der Waals surface area contributed by atoms with Crippen LogP contribution in [-0.4, -0.2) is 34.7 Å². The van der Waals surface area contributed by atoms with E-state index in [0.717, 1.165) is 30.3 Å². The number of aliphatic hydroxyl groups is 1. The Morgan fingerprint density at radius 2 is 2.33 bits per heavy atom. The molecule has 0 aromatic carbocycles. The van der Waals surface area contributed by atoms with Gasteiger partial charge in [0.05, 0.1) is 5.02 Å². The second-order valence-corrected chi connectivity index (χ2v) is 4.58. The van der Waals surface area contributed by atoms with E-state index in [4.69, 9.17) is 16.7 Å². The van der Waals surface area contributed by atoms with Gasteiger partial charge in [-0.15, -0.1) is 0 Å². The summed E-state index contributed by atoms with van der Waals surface area (Å²) < 4.78 is 0. The van der Waals surface area contributed by atoms with E-state index < -0.39 is 0 Å². The van der Waals surface area contributed by atoms with Crippen LogP contribution in [0.2, 0.25) is 5.02 Å². The van der Waals surface area contributed by atoms with Crippen LogP contribution >= 0.6 is 23.4 Å². The number of thioether (sulfide) groups is 1. The summed E-state index contributed by atoms with van der Waals surface area (Å²) in [5.41, 5.74) is 0. The van der Waals surface area contributed by atoms with Crippen molar-refractivity contribution in [2.75, 3.05) is 30.0 Å². The second kappa shape index (κ2) is 7.79. The van der Waals surface area contributed by atoms with Gasteiger partial charge in [-0.1, -0.05) is 11.6 Å². The van der Waals surface area contributed by atoms with E-state index in [1.165, 1.54) is 0 Å². The van der Waals surface area contributed by atoms with Crippen molar-refractivity contribution < 1.29 is 5.11 Å². The molecule has 0 spiro atoms. The molecule has 84 valence electrons. The Morgan fingerprint density at radius 3 is 3.07 bits per heavy atom. The molecule has 2 N–H and O–H groups in total. The summed E-state index contributed by atoms with van der Waals surface area (Å²) in [7, 11) is 0. The van der Waals surface area contributed by atoms with Gasteiger partial charge in [0.25, 0.3) is 0 Å². The zero-order valence-corrected chi connectivity index (χ0v) is 10.0. The molecule has 0 aliphatic rings. The first-order chi connectivity index (χ1) is 7.34. The first-order valence-electron chi connectivity index (χ1n) is 4.87. The van der Waals surface area contributed by atoms with Gasteiger partial charge in [0.1, 0.15) is 5.82 Å². The molecule has 0 amide bonds. The molecule has 0 unspecified atom stereocenters. The number of aromatic nitrogens is 1. The Morgan fingerprint density at radius 1 is 1.47 bits per heavy atom. The van der Waals surface area contributed by atoms with Gasteiger partial charge >= 0.3 is 0 Å². The van der Waals surface area contributed by atoms with E-state index in [2.05, 4.69) is 10.3 Å². The maximum Gasteiger partial charge on any atom is 0.144 e. The molecule has 5 heteroatoms. The van der Waals surface area contributed by atoms with Gasteiger partial charge in [-0.05, 0) is 24.3 Å². The molecule has 0 aliphatic carbocycles. The third-order valence-electron chi connectivity index (χ3n) is 1.74. The number of halogens is 1. The van der Waals surface area contributed by atoms with Gasteiger partial charge in [0.2, 0.25) is 0 Å². The highest BCUT2D eigenvalue weighted by Gasteiger charge is 1.98. The van der Waals surface area contributed by atoms with Crippen LogP contribution in [0.5, 0.6) is 0 Å². The Labute approximate surface area is 99.2 Å². The van der Waals surface area contributed by atoms with E-state index >= 15 is 0 Å². The highest BCUT2D eigenvalue weighted by Crippen LogP contribution is 2.17. The number of hydrogen-bond acceptors (Lipinski definition) is 4. The van der Waals surface area contributed by atoms with E-state index in [1.54, 1.807) is 6.20 Å². The third kappa shape index (κ3) is 5.25. The summed E-state index contributed by atoms with van der Waals surface area (Å²) >= 11 is 7.73. The number of anilines is 1. The molecule has 1 heterocycles. The minimum absolute atomic E-state index is 0.270. The van der Waals surface area contributed by atoms with Gasteiger partial charge in [0, 0.05) is 25.1 Å². The highest BCUT2D eigenvalue weighted by molar-refractivity contribution is 7.99. The first kappa shape index (κ1) is 12.6. The fraction of sp³-hybridized carbons (Fsp3) is 0.500. The number of hydrogen-bond donors (Lipinski definition) is 2. The summed E-state index contributed by atoms with van der Waals surface area (Å²) in [6.07, 6.45) is 2.57. The monoisotopic (exact) mass is 246 g/mol. The van der Waals surface area contributed by atoms with Crippen LogP contribution in [0.25, 0.3) is 0 Å². The van der Waals surface area contributed by atoms with Gasteiger partial charge in [-0.2, -0.15) is 11.8 Å². The van der Waals surface area contributed by atoms with Crippen molar-refractivity contribution in [3.8, 4) is 0 Å². The van der Waals surface area contributed by atoms with Crippen LogP contribution in [-0.2, 0) is 0 Å². The quantitative estimate of drug-likeness (QED) is 0.725. The Balaban J connectivity index is 2.12. The smallest absolute Gasteiger partial charge is 0.144 e. The van der Waals surface area contributed by atoms with Crippen molar-refractivity contribution in [3.63, 3.8) is 0 Å². The van der Waals surface area contributed by atoms with Crippen molar-refractivity contribution in [1.82, 2.24) is 4.98 Å². The summed E-state index contributed by atoms with van der Waals surface area (Å²) in [6, 6.07) is 3.62. The van der Waals surface area contributed by atoms with Crippen LogP contribution in [0.1, 0.15) is 6.42 Å². The standard InChI is InChI=1S/C10H15ClN2OS/c11-9-3-1-4-12-10(9)13-5-8-15-7-2-6-14/h1,3-4,14H,2,5-8H2,(H,12,13). The lowest BCUT2D eigenvalue weighted by Gasteiger charge is -2.06. The van der Waals surface area contributed by atoms with E-state index in [9.17, 15) is 0 Å². The maximum atomic E-state index is 8.58. The van der Waals surface area contributed by atoms with E-state index in [0.29, 0.717) is 5.02 Å². The number of rotatable bonds is 7. The van der Waals surface area contributed by atoms with Crippen LogP contribution in [0.3, 0.4) is 0 Å². The molecule has 15 heavy (non-hydrogen) atoms. The Kier molecular flexibility index (Phi) is 6.55. The average molecular weight is 247 g/mol. The molecule has 0 saturated carbocycles. The van der Waals surface area contributed by atoms with Crippen LogP contribution in [0.15, 0.2) is 18.3 Å². The first-order valence-corrected chi connectivity index (χ1v) is 6.41. The number of nitrogens with zero attached hydrogens (tertiary/aromatic N) is 1. The number of pyridine rings is 1. The molecule has 1 aromatic heterocycles. The predicted molar refractivity (Wildman–Crippen MR) is 66.8 cm³/mol. The molecule has 0 bridgehead atoms. The Hall–Kier alpha value is -0.450. The summed E-state index contributed by atoms with van der Waals surface area (Å²) in [5, 5.41) is 12.4. The molecule has 3 nitrogen and oxygen atoms in total. The van der Waals surface area contributed by atoms with Crippen molar-refractivity contribution >= 4 is 29.2 Å². The third-order valence-corrected chi connectivity index (χ3v) is 3.12. The average Bonchev–Trinajstić information content (AvgIpc) is 2.25. The zero-order valence-electron chi connectivity index (χ0n) is 8.45. The fourth-order valence-electron chi connectivity index (χ4n) is 1.03. The number of aliphatic hydroxyl groups excluding tert-OH is 1. The van der Waals surface area contributed by atoms with Gasteiger partial charge in [-0.25, -0.2) is 4.98 Å². The lowest BCUT2D eigenvalue weighted by atomic mass is 10.4. The molecule has 1 rings (SSSR count). The molecular weight excluding hydrogens is 232 g/mol. The lowest BCUT2D eigenvalue weighted by Crippen LogP contribution is -2.06. The topological polar surface area (TPSA) is 45.1 Å². The van der Waals surface area contributed by atoms with Crippen LogP contribution < -0.4 is 5.32 Å². The SMILES string of the molecule is OCCCSCCNc1ncccc1Cl.